The molecule has 1 aliphatic rings. The Kier molecular flexibility index (Phi) is 3.46. The van der Waals surface area contributed by atoms with Crippen LogP contribution in [0.15, 0.2) is 0 Å². The van der Waals surface area contributed by atoms with Gasteiger partial charge in [0.15, 0.2) is 0 Å². The number of esters is 1. The maximum absolute atomic E-state index is 11.3. The molecule has 0 bridgehead atoms. The van der Waals surface area contributed by atoms with E-state index in [2.05, 4.69) is 4.74 Å². The highest BCUT2D eigenvalue weighted by molar-refractivity contribution is 5.80. The molecule has 0 N–H and O–H groups in total. The van der Waals surface area contributed by atoms with Crippen molar-refractivity contribution in [3.8, 4) is 6.07 Å². The van der Waals surface area contributed by atoms with Crippen LogP contribution in [0.3, 0.4) is 0 Å². The molecule has 1 aliphatic heterocycles. The predicted molar refractivity (Wildman–Crippen MR) is 46.9 cm³/mol. The van der Waals surface area contributed by atoms with Gasteiger partial charge in [-0.05, 0) is 6.42 Å². The second kappa shape index (κ2) is 4.61. The number of rotatable bonds is 2. The van der Waals surface area contributed by atoms with Crippen molar-refractivity contribution in [1.82, 2.24) is 4.90 Å². The van der Waals surface area contributed by atoms with Crippen molar-refractivity contribution in [2.45, 2.75) is 12.8 Å². The number of carbonyl (C=O) groups is 2. The Labute approximate surface area is 82.2 Å². The van der Waals surface area contributed by atoms with Gasteiger partial charge in [-0.3, -0.25) is 9.59 Å². The smallest absolute Gasteiger partial charge is 0.310 e. The van der Waals surface area contributed by atoms with Crippen molar-refractivity contribution < 1.29 is 14.3 Å². The number of carbonyl (C=O) groups excluding carboxylic acids is 2. The summed E-state index contributed by atoms with van der Waals surface area (Å²) in [5.74, 6) is -0.709. The molecule has 5 nitrogen and oxygen atoms in total. The summed E-state index contributed by atoms with van der Waals surface area (Å²) in [4.78, 5) is 23.9. The lowest BCUT2D eigenvalue weighted by Gasteiger charge is -2.13. The standard InChI is InChI=1S/C9H12N2O3/c1-14-9(13)7-3-5-11(6-7)8(12)2-4-10/h7H,2-3,5-6H2,1H3. The summed E-state index contributed by atoms with van der Waals surface area (Å²) in [5.41, 5.74) is 0. The Morgan fingerprint density at radius 2 is 2.36 bits per heavy atom. The van der Waals surface area contributed by atoms with Gasteiger partial charge in [-0.15, -0.1) is 0 Å². The van der Waals surface area contributed by atoms with Crippen LogP contribution in [0, 0.1) is 17.2 Å². The number of likely N-dealkylation sites (tertiary alicyclic amines) is 1. The summed E-state index contributed by atoms with van der Waals surface area (Å²) >= 11 is 0. The molecule has 1 saturated heterocycles. The highest BCUT2D eigenvalue weighted by atomic mass is 16.5. The van der Waals surface area contributed by atoms with Crippen LogP contribution in [0.1, 0.15) is 12.8 Å². The number of nitrogens with zero attached hydrogens (tertiary/aromatic N) is 2. The molecule has 0 aromatic rings. The molecule has 1 atom stereocenters. The molecule has 1 heterocycles. The van der Waals surface area contributed by atoms with Gasteiger partial charge in [-0.25, -0.2) is 0 Å². The molecule has 14 heavy (non-hydrogen) atoms. The number of ether oxygens (including phenoxy) is 1. The lowest BCUT2D eigenvalue weighted by atomic mass is 10.1. The summed E-state index contributed by atoms with van der Waals surface area (Å²) < 4.78 is 4.58. The molecule has 0 aliphatic carbocycles. The summed E-state index contributed by atoms with van der Waals surface area (Å²) in [6.45, 7) is 0.924. The van der Waals surface area contributed by atoms with E-state index in [1.54, 1.807) is 6.07 Å². The number of amides is 1. The summed E-state index contributed by atoms with van der Waals surface area (Å²) in [6, 6.07) is 1.80. The Morgan fingerprint density at radius 1 is 1.64 bits per heavy atom. The summed E-state index contributed by atoms with van der Waals surface area (Å²) in [6.07, 6.45) is 0.512. The van der Waals surface area contributed by atoms with Gasteiger partial charge in [-0.2, -0.15) is 5.26 Å². The number of hydrogen-bond donors (Lipinski definition) is 0. The summed E-state index contributed by atoms with van der Waals surface area (Å²) in [5, 5.41) is 8.33. The third kappa shape index (κ3) is 2.22. The van der Waals surface area contributed by atoms with Crippen molar-refractivity contribution in [3.05, 3.63) is 0 Å². The van der Waals surface area contributed by atoms with Gasteiger partial charge < -0.3 is 9.64 Å². The zero-order valence-electron chi connectivity index (χ0n) is 8.02. The fourth-order valence-electron chi connectivity index (χ4n) is 1.53. The van der Waals surface area contributed by atoms with Crippen LogP contribution in [0.4, 0.5) is 0 Å². The van der Waals surface area contributed by atoms with Crippen LogP contribution in [0.2, 0.25) is 0 Å². The average molecular weight is 196 g/mol. The number of methoxy groups -OCH3 is 1. The minimum absolute atomic E-state index is 0.117. The fourth-order valence-corrected chi connectivity index (χ4v) is 1.53. The van der Waals surface area contributed by atoms with E-state index in [-0.39, 0.29) is 24.2 Å². The SMILES string of the molecule is COC(=O)C1CCN(C(=O)CC#N)C1. The van der Waals surface area contributed by atoms with Gasteiger partial charge >= 0.3 is 5.97 Å². The van der Waals surface area contributed by atoms with Crippen molar-refractivity contribution in [1.29, 1.82) is 5.26 Å². The number of nitriles is 1. The van der Waals surface area contributed by atoms with E-state index in [9.17, 15) is 9.59 Å². The van der Waals surface area contributed by atoms with E-state index < -0.39 is 0 Å². The van der Waals surface area contributed by atoms with E-state index in [1.165, 1.54) is 12.0 Å². The lowest BCUT2D eigenvalue weighted by molar-refractivity contribution is -0.145. The van der Waals surface area contributed by atoms with Crippen LogP contribution < -0.4 is 0 Å². The highest BCUT2D eigenvalue weighted by Gasteiger charge is 2.31. The van der Waals surface area contributed by atoms with Crippen molar-refractivity contribution in [2.75, 3.05) is 20.2 Å². The van der Waals surface area contributed by atoms with Crippen LogP contribution >= 0.6 is 0 Å². The zero-order chi connectivity index (χ0) is 10.6. The molecule has 1 amide bonds. The molecular weight excluding hydrogens is 184 g/mol. The molecule has 1 rings (SSSR count). The minimum Gasteiger partial charge on any atom is -0.469 e. The maximum atomic E-state index is 11.3. The van der Waals surface area contributed by atoms with E-state index >= 15 is 0 Å². The molecule has 0 aromatic carbocycles. The van der Waals surface area contributed by atoms with Crippen LogP contribution in [-0.4, -0.2) is 37.0 Å². The Balaban J connectivity index is 2.45. The number of hydrogen-bond acceptors (Lipinski definition) is 4. The summed E-state index contributed by atoms with van der Waals surface area (Å²) in [7, 11) is 1.34. The quantitative estimate of drug-likeness (QED) is 0.579. The average Bonchev–Trinajstić information content (AvgIpc) is 2.66. The molecule has 0 saturated carbocycles. The molecule has 5 heteroatoms. The van der Waals surface area contributed by atoms with Crippen LogP contribution in [0.5, 0.6) is 0 Å². The molecular formula is C9H12N2O3. The largest absolute Gasteiger partial charge is 0.469 e. The third-order valence-corrected chi connectivity index (χ3v) is 2.31. The highest BCUT2D eigenvalue weighted by Crippen LogP contribution is 2.17. The van der Waals surface area contributed by atoms with E-state index in [1.807, 2.05) is 0 Å². The van der Waals surface area contributed by atoms with Gasteiger partial charge in [-0.1, -0.05) is 0 Å². The molecule has 1 fully saturated rings. The van der Waals surface area contributed by atoms with E-state index in [4.69, 9.17) is 5.26 Å². The third-order valence-electron chi connectivity index (χ3n) is 2.31. The van der Waals surface area contributed by atoms with Gasteiger partial charge in [0.2, 0.25) is 5.91 Å². The normalized spacial score (nSPS) is 20.3. The molecule has 76 valence electrons. The molecule has 0 radical (unpaired) electrons. The monoisotopic (exact) mass is 196 g/mol. The molecule has 1 unspecified atom stereocenters. The fraction of sp³-hybridized carbons (Fsp3) is 0.667. The minimum atomic E-state index is -0.280. The van der Waals surface area contributed by atoms with Gasteiger partial charge in [0.1, 0.15) is 6.42 Å². The Bertz CT molecular complexity index is 282. The van der Waals surface area contributed by atoms with Crippen molar-refractivity contribution >= 4 is 11.9 Å². The van der Waals surface area contributed by atoms with Crippen molar-refractivity contribution in [2.24, 2.45) is 5.92 Å². The first kappa shape index (κ1) is 10.5. The topological polar surface area (TPSA) is 70.4 Å². The van der Waals surface area contributed by atoms with Gasteiger partial charge in [0, 0.05) is 13.1 Å². The van der Waals surface area contributed by atoms with E-state index in [0.29, 0.717) is 19.5 Å². The second-order valence-electron chi connectivity index (χ2n) is 3.18. The van der Waals surface area contributed by atoms with E-state index in [0.717, 1.165) is 0 Å². The maximum Gasteiger partial charge on any atom is 0.310 e. The predicted octanol–water partition coefficient (Wildman–Crippen LogP) is -0.0784. The zero-order valence-corrected chi connectivity index (χ0v) is 8.02. The Hall–Kier alpha value is -1.57. The lowest BCUT2D eigenvalue weighted by Crippen LogP contribution is -2.29. The molecule has 0 aromatic heterocycles. The van der Waals surface area contributed by atoms with Gasteiger partial charge in [0.25, 0.3) is 0 Å². The first-order valence-corrected chi connectivity index (χ1v) is 4.41. The van der Waals surface area contributed by atoms with Gasteiger partial charge in [0.05, 0.1) is 19.1 Å². The van der Waals surface area contributed by atoms with Crippen LogP contribution in [0.25, 0.3) is 0 Å². The Morgan fingerprint density at radius 3 is 2.93 bits per heavy atom. The van der Waals surface area contributed by atoms with Crippen molar-refractivity contribution in [3.63, 3.8) is 0 Å². The second-order valence-corrected chi connectivity index (χ2v) is 3.18. The first-order valence-electron chi connectivity index (χ1n) is 4.41. The van der Waals surface area contributed by atoms with Crippen LogP contribution in [-0.2, 0) is 14.3 Å². The molecule has 0 spiro atoms. The first-order chi connectivity index (χ1) is 6.69.